The molecular formula is C16H24N2O3. The van der Waals surface area contributed by atoms with E-state index in [0.29, 0.717) is 12.3 Å². The second-order valence-electron chi connectivity index (χ2n) is 6.89. The first-order chi connectivity index (χ1) is 10.2. The molecule has 0 spiro atoms. The summed E-state index contributed by atoms with van der Waals surface area (Å²) >= 11 is 0. The van der Waals surface area contributed by atoms with Gasteiger partial charge in [-0.15, -0.1) is 0 Å². The molecule has 4 fully saturated rings. The molecular weight excluding hydrogens is 268 g/mol. The number of hydrogen-bond donors (Lipinski definition) is 0. The summed E-state index contributed by atoms with van der Waals surface area (Å²) in [6.45, 7) is 3.50. The minimum Gasteiger partial charge on any atom is -0.376 e. The van der Waals surface area contributed by atoms with Crippen LogP contribution in [0.1, 0.15) is 45.4 Å². The largest absolute Gasteiger partial charge is 0.376 e. The lowest BCUT2D eigenvalue weighted by atomic mass is 9.96. The van der Waals surface area contributed by atoms with Crippen molar-refractivity contribution in [1.29, 1.82) is 0 Å². The number of carbonyl (C=O) groups is 2. The predicted molar refractivity (Wildman–Crippen MR) is 76.5 cm³/mol. The van der Waals surface area contributed by atoms with Gasteiger partial charge in [-0.3, -0.25) is 9.59 Å². The predicted octanol–water partition coefficient (Wildman–Crippen LogP) is 1.17. The zero-order valence-electron chi connectivity index (χ0n) is 12.7. The van der Waals surface area contributed by atoms with Crippen molar-refractivity contribution < 1.29 is 14.3 Å². The van der Waals surface area contributed by atoms with Crippen molar-refractivity contribution in [3.8, 4) is 0 Å². The summed E-state index contributed by atoms with van der Waals surface area (Å²) in [4.78, 5) is 29.5. The van der Waals surface area contributed by atoms with Crippen molar-refractivity contribution in [1.82, 2.24) is 9.80 Å². The summed E-state index contributed by atoms with van der Waals surface area (Å²) in [7, 11) is 0. The van der Waals surface area contributed by atoms with Crippen molar-refractivity contribution in [2.45, 2.75) is 69.7 Å². The van der Waals surface area contributed by atoms with Gasteiger partial charge >= 0.3 is 0 Å². The first-order valence-electron chi connectivity index (χ1n) is 8.46. The molecule has 0 N–H and O–H groups in total. The third-order valence-electron chi connectivity index (χ3n) is 5.63. The first kappa shape index (κ1) is 13.6. The number of nitrogens with zero attached hydrogens (tertiary/aromatic N) is 2. The Morgan fingerprint density at radius 2 is 1.95 bits per heavy atom. The Hall–Kier alpha value is -1.10. The first-order valence-corrected chi connectivity index (χ1v) is 8.46. The minimum atomic E-state index is -0.264. The summed E-state index contributed by atoms with van der Waals surface area (Å²) in [6.07, 6.45) is 5.99. The smallest absolute Gasteiger partial charge is 0.246 e. The van der Waals surface area contributed by atoms with Crippen LogP contribution in [0.15, 0.2) is 0 Å². The maximum Gasteiger partial charge on any atom is 0.246 e. The molecule has 2 amide bonds. The quantitative estimate of drug-likeness (QED) is 0.784. The van der Waals surface area contributed by atoms with Gasteiger partial charge in [-0.1, -0.05) is 6.92 Å². The standard InChI is InChI=1S/C16H24N2O3/c1-2-11-15(19)17-8-3-4-13(17)16(20)18(11)12-7-9-21-14(12)10-5-6-10/h10-14H,2-9H2,1H3. The zero-order valence-corrected chi connectivity index (χ0v) is 12.7. The van der Waals surface area contributed by atoms with E-state index < -0.39 is 0 Å². The molecule has 3 heterocycles. The lowest BCUT2D eigenvalue weighted by Crippen LogP contribution is -2.66. The number of carbonyl (C=O) groups excluding carboxylic acids is 2. The van der Waals surface area contributed by atoms with Crippen LogP contribution in [0.4, 0.5) is 0 Å². The monoisotopic (exact) mass is 292 g/mol. The second kappa shape index (κ2) is 4.97. The molecule has 0 aromatic heterocycles. The Labute approximate surface area is 125 Å². The molecule has 0 bridgehead atoms. The number of piperazine rings is 1. The van der Waals surface area contributed by atoms with Crippen molar-refractivity contribution in [3.63, 3.8) is 0 Å². The van der Waals surface area contributed by atoms with Gasteiger partial charge in [0, 0.05) is 13.2 Å². The Bertz CT molecular complexity index is 462. The Morgan fingerprint density at radius 3 is 2.67 bits per heavy atom. The van der Waals surface area contributed by atoms with E-state index in [1.165, 1.54) is 12.8 Å². The molecule has 0 radical (unpaired) electrons. The number of rotatable bonds is 3. The minimum absolute atomic E-state index is 0.127. The SMILES string of the molecule is CCC1C(=O)N2CCCC2C(=O)N1C1CCOC1C1CC1. The maximum atomic E-state index is 13.0. The molecule has 21 heavy (non-hydrogen) atoms. The highest BCUT2D eigenvalue weighted by atomic mass is 16.5. The van der Waals surface area contributed by atoms with Gasteiger partial charge in [0.15, 0.2) is 0 Å². The Kier molecular flexibility index (Phi) is 3.21. The van der Waals surface area contributed by atoms with Crippen LogP contribution in [0.5, 0.6) is 0 Å². The van der Waals surface area contributed by atoms with Gasteiger partial charge in [0.25, 0.3) is 0 Å². The van der Waals surface area contributed by atoms with Crippen LogP contribution >= 0.6 is 0 Å². The van der Waals surface area contributed by atoms with Crippen molar-refractivity contribution in [2.24, 2.45) is 5.92 Å². The highest BCUT2D eigenvalue weighted by molar-refractivity contribution is 5.97. The average Bonchev–Trinajstić information content (AvgIpc) is 3.03. The second-order valence-corrected chi connectivity index (χ2v) is 6.89. The summed E-state index contributed by atoms with van der Waals surface area (Å²) in [5.41, 5.74) is 0. The van der Waals surface area contributed by atoms with Gasteiger partial charge in [-0.05, 0) is 44.4 Å². The van der Waals surface area contributed by atoms with Crippen LogP contribution in [0.25, 0.3) is 0 Å². The molecule has 4 rings (SSSR count). The molecule has 4 unspecified atom stereocenters. The summed E-state index contributed by atoms with van der Waals surface area (Å²) in [5.74, 6) is 0.959. The molecule has 116 valence electrons. The highest BCUT2D eigenvalue weighted by Crippen LogP contribution is 2.42. The van der Waals surface area contributed by atoms with Crippen LogP contribution in [-0.4, -0.2) is 59.0 Å². The van der Waals surface area contributed by atoms with Crippen molar-refractivity contribution in [3.05, 3.63) is 0 Å². The average molecular weight is 292 g/mol. The van der Waals surface area contributed by atoms with E-state index in [1.807, 2.05) is 16.7 Å². The van der Waals surface area contributed by atoms with E-state index in [9.17, 15) is 9.59 Å². The third-order valence-corrected chi connectivity index (χ3v) is 5.63. The van der Waals surface area contributed by atoms with Crippen molar-refractivity contribution in [2.75, 3.05) is 13.2 Å². The molecule has 4 aliphatic rings. The Morgan fingerprint density at radius 1 is 1.14 bits per heavy atom. The topological polar surface area (TPSA) is 49.9 Å². The number of fused-ring (bicyclic) bond motifs is 1. The number of amides is 2. The number of ether oxygens (including phenoxy) is 1. The molecule has 5 heteroatoms. The van der Waals surface area contributed by atoms with Crippen LogP contribution in [0, 0.1) is 5.92 Å². The van der Waals surface area contributed by atoms with Gasteiger partial charge in [-0.25, -0.2) is 0 Å². The molecule has 4 atom stereocenters. The van der Waals surface area contributed by atoms with E-state index in [0.717, 1.165) is 32.4 Å². The molecule has 0 aromatic rings. The summed E-state index contributed by atoms with van der Waals surface area (Å²) in [6, 6.07) is -0.331. The highest BCUT2D eigenvalue weighted by Gasteiger charge is 2.53. The van der Waals surface area contributed by atoms with Gasteiger partial charge < -0.3 is 14.5 Å². The maximum absolute atomic E-state index is 13.0. The molecule has 1 saturated carbocycles. The van der Waals surface area contributed by atoms with Crippen molar-refractivity contribution >= 4 is 11.8 Å². The molecule has 1 aliphatic carbocycles. The fourth-order valence-corrected chi connectivity index (χ4v) is 4.46. The Balaban J connectivity index is 1.64. The molecule has 3 saturated heterocycles. The number of hydrogen-bond acceptors (Lipinski definition) is 3. The van der Waals surface area contributed by atoms with Crippen LogP contribution in [0.3, 0.4) is 0 Å². The normalized spacial score (nSPS) is 40.0. The van der Waals surface area contributed by atoms with E-state index in [-0.39, 0.29) is 36.0 Å². The van der Waals surface area contributed by atoms with E-state index in [1.54, 1.807) is 0 Å². The van der Waals surface area contributed by atoms with E-state index in [2.05, 4.69) is 0 Å². The third kappa shape index (κ3) is 2.00. The molecule has 5 nitrogen and oxygen atoms in total. The van der Waals surface area contributed by atoms with Gasteiger partial charge in [0.1, 0.15) is 12.1 Å². The fraction of sp³-hybridized carbons (Fsp3) is 0.875. The van der Waals surface area contributed by atoms with Crippen LogP contribution in [0.2, 0.25) is 0 Å². The lowest BCUT2D eigenvalue weighted by molar-refractivity contribution is -0.163. The van der Waals surface area contributed by atoms with Crippen LogP contribution in [-0.2, 0) is 14.3 Å². The van der Waals surface area contributed by atoms with Gasteiger partial charge in [0.05, 0.1) is 12.1 Å². The molecule has 3 aliphatic heterocycles. The summed E-state index contributed by atoms with van der Waals surface area (Å²) in [5, 5.41) is 0. The zero-order chi connectivity index (χ0) is 14.6. The van der Waals surface area contributed by atoms with E-state index >= 15 is 0 Å². The summed E-state index contributed by atoms with van der Waals surface area (Å²) < 4.78 is 5.91. The lowest BCUT2D eigenvalue weighted by Gasteiger charge is -2.46. The van der Waals surface area contributed by atoms with Crippen LogP contribution < -0.4 is 0 Å². The van der Waals surface area contributed by atoms with Gasteiger partial charge in [-0.2, -0.15) is 0 Å². The fourth-order valence-electron chi connectivity index (χ4n) is 4.46. The van der Waals surface area contributed by atoms with Gasteiger partial charge in [0.2, 0.25) is 11.8 Å². The van der Waals surface area contributed by atoms with E-state index in [4.69, 9.17) is 4.74 Å². The molecule has 0 aromatic carbocycles.